The van der Waals surface area contributed by atoms with Crippen molar-refractivity contribution in [2.75, 3.05) is 9.80 Å². The van der Waals surface area contributed by atoms with Crippen molar-refractivity contribution in [3.8, 4) is 22.3 Å². The molecule has 7 aromatic rings. The van der Waals surface area contributed by atoms with Crippen LogP contribution in [0, 0.1) is 23.7 Å². The first-order valence-corrected chi connectivity index (χ1v) is 22.7. The van der Waals surface area contributed by atoms with Gasteiger partial charge in [-0.05, 0) is 184 Å². The average Bonchev–Trinajstić information content (AvgIpc) is 4.15. The van der Waals surface area contributed by atoms with Crippen molar-refractivity contribution in [3.05, 3.63) is 174 Å². The summed E-state index contributed by atoms with van der Waals surface area (Å²) in [6.07, 6.45) is 10.8. The highest BCUT2D eigenvalue weighted by Crippen LogP contribution is 2.70. The smallest absolute Gasteiger partial charge is 0.252 e. The van der Waals surface area contributed by atoms with Gasteiger partial charge in [0.2, 0.25) is 0 Å². The number of hydrogen-bond acceptors (Lipinski definition) is 2. The molecule has 0 saturated heterocycles. The van der Waals surface area contributed by atoms with Crippen LogP contribution in [0.1, 0.15) is 73.6 Å². The van der Waals surface area contributed by atoms with E-state index in [0.717, 1.165) is 23.7 Å². The molecule has 4 fully saturated rings. The van der Waals surface area contributed by atoms with Crippen molar-refractivity contribution >= 4 is 57.2 Å². The maximum atomic E-state index is 2.72. The molecule has 3 heteroatoms. The summed E-state index contributed by atoms with van der Waals surface area (Å²) in [6, 6.07) is 59.7. The molecule has 15 rings (SSSR count). The topological polar surface area (TPSA) is 6.48 Å². The molecule has 7 aromatic carbocycles. The number of para-hydroxylation sites is 2. The first-order chi connectivity index (χ1) is 29.3. The molecule has 2 spiro atoms. The van der Waals surface area contributed by atoms with Crippen LogP contribution in [0.25, 0.3) is 22.3 Å². The van der Waals surface area contributed by atoms with E-state index in [2.05, 4.69) is 161 Å². The Hall–Kier alpha value is -5.80. The Morgan fingerprint density at radius 3 is 1.17 bits per heavy atom. The first kappa shape index (κ1) is 32.1. The maximum absolute atomic E-state index is 2.72. The van der Waals surface area contributed by atoms with E-state index >= 15 is 0 Å². The number of rotatable bonds is 2. The van der Waals surface area contributed by atoms with Crippen molar-refractivity contribution in [2.24, 2.45) is 23.7 Å². The summed E-state index contributed by atoms with van der Waals surface area (Å²) in [4.78, 5) is 5.28. The quantitative estimate of drug-likeness (QED) is 0.162. The van der Waals surface area contributed by atoms with Crippen LogP contribution in [-0.4, -0.2) is 6.71 Å². The summed E-state index contributed by atoms with van der Waals surface area (Å²) >= 11 is 0. The third-order valence-electron chi connectivity index (χ3n) is 17.5. The molecule has 282 valence electrons. The second-order valence-corrected chi connectivity index (χ2v) is 19.3. The Balaban J connectivity index is 1.07. The fourth-order valence-electron chi connectivity index (χ4n) is 15.7. The van der Waals surface area contributed by atoms with Crippen LogP contribution < -0.4 is 26.2 Å². The van der Waals surface area contributed by atoms with Gasteiger partial charge in [0.25, 0.3) is 6.71 Å². The molecule has 2 heterocycles. The largest absolute Gasteiger partial charge is 0.311 e. The zero-order chi connectivity index (χ0) is 38.2. The van der Waals surface area contributed by atoms with E-state index in [4.69, 9.17) is 0 Å². The Morgan fingerprint density at radius 2 is 0.746 bits per heavy atom. The molecule has 4 bridgehead atoms. The molecule has 0 atom stereocenters. The number of nitrogens with zero attached hydrogens (tertiary/aromatic N) is 2. The Bertz CT molecular complexity index is 2730. The third kappa shape index (κ3) is 3.64. The van der Waals surface area contributed by atoms with Gasteiger partial charge in [-0.25, -0.2) is 0 Å². The van der Waals surface area contributed by atoms with Crippen molar-refractivity contribution in [2.45, 2.75) is 62.2 Å². The van der Waals surface area contributed by atoms with E-state index in [9.17, 15) is 0 Å². The molecule has 2 nitrogen and oxygen atoms in total. The normalized spacial score (nSPS) is 27.5. The lowest BCUT2D eigenvalue weighted by Gasteiger charge is -2.45. The van der Waals surface area contributed by atoms with Crippen LogP contribution in [0.15, 0.2) is 152 Å². The summed E-state index contributed by atoms with van der Waals surface area (Å²) in [5.41, 5.74) is 24.8. The summed E-state index contributed by atoms with van der Waals surface area (Å²) < 4.78 is 0. The van der Waals surface area contributed by atoms with Crippen LogP contribution in [0.5, 0.6) is 0 Å². The van der Waals surface area contributed by atoms with Gasteiger partial charge in [-0.2, -0.15) is 0 Å². The van der Waals surface area contributed by atoms with Crippen LogP contribution >= 0.6 is 0 Å². The highest BCUT2D eigenvalue weighted by atomic mass is 15.2. The lowest BCUT2D eigenvalue weighted by Crippen LogP contribution is -2.61. The van der Waals surface area contributed by atoms with Gasteiger partial charge in [0.1, 0.15) is 0 Å². The van der Waals surface area contributed by atoms with Crippen LogP contribution in [0.4, 0.5) is 34.1 Å². The molecule has 0 N–H and O–H groups in total. The van der Waals surface area contributed by atoms with E-state index in [-0.39, 0.29) is 17.5 Å². The molecule has 4 saturated carbocycles. The highest BCUT2D eigenvalue weighted by molar-refractivity contribution is 7.00. The number of benzene rings is 7. The summed E-state index contributed by atoms with van der Waals surface area (Å²) in [6.45, 7) is 0.0924. The summed E-state index contributed by atoms with van der Waals surface area (Å²) in [5.74, 6) is 2.88. The van der Waals surface area contributed by atoms with Gasteiger partial charge in [0, 0.05) is 45.0 Å². The fourth-order valence-corrected chi connectivity index (χ4v) is 15.7. The minimum absolute atomic E-state index is 0.0924. The van der Waals surface area contributed by atoms with Crippen molar-refractivity contribution in [1.29, 1.82) is 0 Å². The first-order valence-electron chi connectivity index (χ1n) is 22.7. The molecular formula is C56H45BN2. The van der Waals surface area contributed by atoms with Crippen molar-refractivity contribution < 1.29 is 0 Å². The molecule has 6 aliphatic carbocycles. The molecule has 0 aromatic heterocycles. The predicted molar refractivity (Wildman–Crippen MR) is 244 cm³/mol. The van der Waals surface area contributed by atoms with Gasteiger partial charge in [0.15, 0.2) is 0 Å². The van der Waals surface area contributed by atoms with Crippen LogP contribution in [-0.2, 0) is 10.8 Å². The van der Waals surface area contributed by atoms with Gasteiger partial charge in [0.05, 0.1) is 0 Å². The van der Waals surface area contributed by atoms with E-state index < -0.39 is 0 Å². The van der Waals surface area contributed by atoms with Crippen LogP contribution in [0.3, 0.4) is 0 Å². The maximum Gasteiger partial charge on any atom is 0.252 e. The molecular weight excluding hydrogens is 711 g/mol. The average molecular weight is 757 g/mol. The van der Waals surface area contributed by atoms with Crippen LogP contribution in [0.2, 0.25) is 0 Å². The van der Waals surface area contributed by atoms with Crippen molar-refractivity contribution in [3.63, 3.8) is 0 Å². The SMILES string of the molecule is c1ccc(N2c3cc4c(cc3B3c5cc6c(cc5N(c5ccccc5)c5cccc2c53)C2(c3ccccc3-6)C3CCC2CC3)-c2ccccc2C42C3CCC2CC3)cc1. The lowest BCUT2D eigenvalue weighted by atomic mass is 9.33. The molecule has 0 unspecified atom stereocenters. The zero-order valence-corrected chi connectivity index (χ0v) is 33.4. The minimum Gasteiger partial charge on any atom is -0.311 e. The summed E-state index contributed by atoms with van der Waals surface area (Å²) in [5, 5.41) is 0. The Labute approximate surface area is 347 Å². The Morgan fingerprint density at radius 1 is 0.356 bits per heavy atom. The molecule has 8 aliphatic rings. The van der Waals surface area contributed by atoms with Gasteiger partial charge < -0.3 is 9.80 Å². The van der Waals surface area contributed by atoms with Gasteiger partial charge in [-0.3, -0.25) is 0 Å². The minimum atomic E-state index is 0.0924. The molecule has 0 amide bonds. The molecule has 2 aliphatic heterocycles. The number of fused-ring (bicyclic) bond motifs is 10. The van der Waals surface area contributed by atoms with E-state index in [1.165, 1.54) is 124 Å². The second-order valence-electron chi connectivity index (χ2n) is 19.3. The number of anilines is 6. The molecule has 59 heavy (non-hydrogen) atoms. The van der Waals surface area contributed by atoms with E-state index in [1.54, 1.807) is 22.3 Å². The zero-order valence-electron chi connectivity index (χ0n) is 33.4. The van der Waals surface area contributed by atoms with Gasteiger partial charge >= 0.3 is 0 Å². The third-order valence-corrected chi connectivity index (χ3v) is 17.5. The monoisotopic (exact) mass is 756 g/mol. The predicted octanol–water partition coefficient (Wildman–Crippen LogP) is 11.9. The second kappa shape index (κ2) is 11.1. The van der Waals surface area contributed by atoms with E-state index in [1.807, 2.05) is 0 Å². The van der Waals surface area contributed by atoms with Gasteiger partial charge in [-0.1, -0.05) is 103 Å². The fraction of sp³-hybridized carbons (Fsp3) is 0.250. The van der Waals surface area contributed by atoms with Crippen molar-refractivity contribution in [1.82, 2.24) is 0 Å². The summed E-state index contributed by atoms with van der Waals surface area (Å²) in [7, 11) is 0. The Kier molecular flexibility index (Phi) is 6.02. The highest BCUT2D eigenvalue weighted by Gasteiger charge is 2.62. The van der Waals surface area contributed by atoms with Gasteiger partial charge in [-0.15, -0.1) is 0 Å². The standard InChI is InChI=1S/C56H45BN2/c1-3-12-38(13-4-1)58-50-20-11-21-51-54(50)57(48-30-42-40-16-7-9-18-44(40)55(46(42)32-52(48)58)34-22-23-35(55)25-24-34)49-31-43-41-17-8-10-19-45(41)56(36-26-27-37(56)29-28-36)47(43)33-53(49)59(51)39-14-5-2-6-15-39/h1-21,30-37H,22-29H2. The van der Waals surface area contributed by atoms with E-state index in [0.29, 0.717) is 0 Å². The number of hydrogen-bond donors (Lipinski definition) is 0. The lowest BCUT2D eigenvalue weighted by molar-refractivity contribution is 0.400. The molecule has 0 radical (unpaired) electrons.